The Balaban J connectivity index is 0.000000248. The van der Waals surface area contributed by atoms with Crippen LogP contribution in [0.5, 0.6) is 11.5 Å². The van der Waals surface area contributed by atoms with Crippen molar-refractivity contribution >= 4 is 11.9 Å². The fourth-order valence-corrected chi connectivity index (χ4v) is 3.37. The maximum atomic E-state index is 12.3. The molecule has 5 nitrogen and oxygen atoms in total. The van der Waals surface area contributed by atoms with E-state index in [1.165, 1.54) is 29.7 Å². The molecule has 0 saturated carbocycles. The minimum absolute atomic E-state index is 0.0583. The molecule has 0 spiro atoms. The summed E-state index contributed by atoms with van der Waals surface area (Å²) in [6.07, 6.45) is 5.81. The summed E-state index contributed by atoms with van der Waals surface area (Å²) in [6, 6.07) is 14.6. The van der Waals surface area contributed by atoms with Crippen LogP contribution >= 0.6 is 0 Å². The van der Waals surface area contributed by atoms with E-state index in [-0.39, 0.29) is 29.2 Å². The second kappa shape index (κ2) is 12.0. The molecule has 1 unspecified atom stereocenters. The molecule has 5 heteroatoms. The van der Waals surface area contributed by atoms with Gasteiger partial charge in [-0.05, 0) is 89.5 Å². The van der Waals surface area contributed by atoms with Gasteiger partial charge in [-0.15, -0.1) is 0 Å². The SMILES string of the molecule is CCC(C)(C)C(=O)OC1CCCCc2ccccc21.CCC(C)(C)C(=O)Oc1cccc(O)c1. The molecule has 1 atom stereocenters. The van der Waals surface area contributed by atoms with Crippen LogP contribution in [0.15, 0.2) is 48.5 Å². The predicted octanol–water partition coefficient (Wildman–Crippen LogP) is 7.17. The summed E-state index contributed by atoms with van der Waals surface area (Å²) in [5.41, 5.74) is 1.67. The highest BCUT2D eigenvalue weighted by Crippen LogP contribution is 2.34. The van der Waals surface area contributed by atoms with Gasteiger partial charge in [-0.1, -0.05) is 44.2 Å². The highest BCUT2D eigenvalue weighted by molar-refractivity contribution is 5.78. The minimum Gasteiger partial charge on any atom is -0.508 e. The van der Waals surface area contributed by atoms with E-state index in [1.54, 1.807) is 12.1 Å². The van der Waals surface area contributed by atoms with Crippen LogP contribution in [0.2, 0.25) is 0 Å². The number of hydrogen-bond acceptors (Lipinski definition) is 5. The summed E-state index contributed by atoms with van der Waals surface area (Å²) < 4.78 is 11.0. The number of esters is 2. The molecule has 0 radical (unpaired) electrons. The zero-order valence-electron chi connectivity index (χ0n) is 21.5. The van der Waals surface area contributed by atoms with Crippen molar-refractivity contribution in [3.63, 3.8) is 0 Å². The van der Waals surface area contributed by atoms with Gasteiger partial charge in [-0.25, -0.2) is 0 Å². The molecule has 1 aliphatic rings. The first-order valence-electron chi connectivity index (χ1n) is 12.3. The third-order valence-corrected chi connectivity index (χ3v) is 6.71. The third kappa shape index (κ3) is 7.61. The molecule has 0 heterocycles. The number of fused-ring (bicyclic) bond motifs is 1. The maximum absolute atomic E-state index is 12.3. The van der Waals surface area contributed by atoms with E-state index in [4.69, 9.17) is 9.47 Å². The zero-order chi connectivity index (χ0) is 25.4. The number of benzene rings is 2. The number of carbonyl (C=O) groups is 2. The van der Waals surface area contributed by atoms with Gasteiger partial charge in [0.1, 0.15) is 17.6 Å². The van der Waals surface area contributed by atoms with Crippen molar-refractivity contribution in [3.8, 4) is 11.5 Å². The quantitative estimate of drug-likeness (QED) is 0.276. The van der Waals surface area contributed by atoms with E-state index in [0.717, 1.165) is 25.7 Å². The molecule has 0 amide bonds. The lowest BCUT2D eigenvalue weighted by molar-refractivity contribution is -0.160. The van der Waals surface area contributed by atoms with Crippen molar-refractivity contribution in [2.75, 3.05) is 0 Å². The Labute approximate surface area is 204 Å². The van der Waals surface area contributed by atoms with Crippen LogP contribution in [-0.2, 0) is 20.7 Å². The number of hydrogen-bond donors (Lipinski definition) is 1. The van der Waals surface area contributed by atoms with Gasteiger partial charge >= 0.3 is 11.9 Å². The first kappa shape index (κ1) is 27.4. The van der Waals surface area contributed by atoms with E-state index >= 15 is 0 Å². The Kier molecular flexibility index (Phi) is 9.72. The topological polar surface area (TPSA) is 72.8 Å². The lowest BCUT2D eigenvalue weighted by atomic mass is 9.90. The summed E-state index contributed by atoms with van der Waals surface area (Å²) in [7, 11) is 0. The molecule has 0 aliphatic heterocycles. The molecule has 0 aromatic heterocycles. The van der Waals surface area contributed by atoms with Crippen molar-refractivity contribution in [1.82, 2.24) is 0 Å². The Bertz CT molecular complexity index is 960. The molecule has 186 valence electrons. The first-order valence-corrected chi connectivity index (χ1v) is 12.3. The average molecular weight is 469 g/mol. The molecule has 0 fully saturated rings. The predicted molar refractivity (Wildman–Crippen MR) is 135 cm³/mol. The van der Waals surface area contributed by atoms with Crippen LogP contribution in [0.1, 0.15) is 90.9 Å². The van der Waals surface area contributed by atoms with E-state index in [1.807, 2.05) is 47.6 Å². The maximum Gasteiger partial charge on any atom is 0.316 e. The molecule has 1 N–H and O–H groups in total. The standard InChI is InChI=1S/C17H24O2.C12H16O3/c1-4-17(2,3)16(18)19-15-12-8-6-10-13-9-5-7-11-14(13)15;1-4-12(2,3)11(14)15-10-7-5-6-9(13)8-10/h5,7,9,11,15H,4,6,8,10,12H2,1-3H3;5-8,13H,4H2,1-3H3. The third-order valence-electron chi connectivity index (χ3n) is 6.71. The smallest absolute Gasteiger partial charge is 0.316 e. The van der Waals surface area contributed by atoms with Crippen molar-refractivity contribution in [1.29, 1.82) is 0 Å². The van der Waals surface area contributed by atoms with Gasteiger partial charge in [-0.3, -0.25) is 9.59 Å². The van der Waals surface area contributed by atoms with Gasteiger partial charge in [0.2, 0.25) is 0 Å². The van der Waals surface area contributed by atoms with Crippen LogP contribution in [0.3, 0.4) is 0 Å². The van der Waals surface area contributed by atoms with Gasteiger partial charge in [0, 0.05) is 6.07 Å². The van der Waals surface area contributed by atoms with Crippen molar-refractivity contribution in [2.45, 2.75) is 86.2 Å². The summed E-state index contributed by atoms with van der Waals surface area (Å²) in [5, 5.41) is 9.19. The molecule has 2 aromatic carbocycles. The van der Waals surface area contributed by atoms with Gasteiger partial charge in [-0.2, -0.15) is 0 Å². The monoisotopic (exact) mass is 468 g/mol. The van der Waals surface area contributed by atoms with Crippen LogP contribution in [0, 0.1) is 10.8 Å². The van der Waals surface area contributed by atoms with Gasteiger partial charge in [0.15, 0.2) is 0 Å². The van der Waals surface area contributed by atoms with E-state index < -0.39 is 5.41 Å². The molecule has 0 saturated heterocycles. The van der Waals surface area contributed by atoms with Crippen molar-refractivity contribution in [2.24, 2.45) is 10.8 Å². The Morgan fingerprint density at radius 2 is 1.56 bits per heavy atom. The number of aryl methyl sites for hydroxylation is 1. The first-order chi connectivity index (χ1) is 16.0. The van der Waals surface area contributed by atoms with Crippen LogP contribution < -0.4 is 4.74 Å². The van der Waals surface area contributed by atoms with E-state index in [0.29, 0.717) is 12.2 Å². The highest BCUT2D eigenvalue weighted by atomic mass is 16.5. The number of phenolic OH excluding ortho intramolecular Hbond substituents is 1. The fraction of sp³-hybridized carbons (Fsp3) is 0.517. The van der Waals surface area contributed by atoms with E-state index in [2.05, 4.69) is 18.2 Å². The number of aromatic hydroxyl groups is 1. The lowest BCUT2D eigenvalue weighted by Gasteiger charge is -2.25. The number of rotatable bonds is 6. The highest BCUT2D eigenvalue weighted by Gasteiger charge is 2.31. The van der Waals surface area contributed by atoms with Gasteiger partial charge in [0.05, 0.1) is 10.8 Å². The second-order valence-corrected chi connectivity index (χ2v) is 10.2. The van der Waals surface area contributed by atoms with Gasteiger partial charge < -0.3 is 14.6 Å². The average Bonchev–Trinajstić information content (AvgIpc) is 3.01. The Morgan fingerprint density at radius 3 is 2.21 bits per heavy atom. The molecule has 3 rings (SSSR count). The normalized spacial score (nSPS) is 15.8. The summed E-state index contributed by atoms with van der Waals surface area (Å²) >= 11 is 0. The van der Waals surface area contributed by atoms with Crippen LogP contribution in [0.25, 0.3) is 0 Å². The number of ether oxygens (including phenoxy) is 2. The molecular formula is C29H40O5. The fourth-order valence-electron chi connectivity index (χ4n) is 3.37. The van der Waals surface area contributed by atoms with Crippen molar-refractivity contribution < 1.29 is 24.2 Å². The number of phenols is 1. The molecule has 34 heavy (non-hydrogen) atoms. The lowest BCUT2D eigenvalue weighted by Crippen LogP contribution is -2.28. The van der Waals surface area contributed by atoms with E-state index in [9.17, 15) is 14.7 Å². The van der Waals surface area contributed by atoms with Crippen molar-refractivity contribution in [3.05, 3.63) is 59.7 Å². The molecule has 0 bridgehead atoms. The molecular weight excluding hydrogens is 428 g/mol. The summed E-state index contributed by atoms with van der Waals surface area (Å²) in [4.78, 5) is 23.9. The van der Waals surface area contributed by atoms with Gasteiger partial charge in [0.25, 0.3) is 0 Å². The van der Waals surface area contributed by atoms with Crippen LogP contribution in [-0.4, -0.2) is 17.0 Å². The number of carbonyl (C=O) groups excluding carboxylic acids is 2. The Morgan fingerprint density at radius 1 is 0.912 bits per heavy atom. The molecule has 1 aliphatic carbocycles. The zero-order valence-corrected chi connectivity index (χ0v) is 21.5. The minimum atomic E-state index is -0.495. The van der Waals surface area contributed by atoms with Crippen LogP contribution in [0.4, 0.5) is 0 Å². The summed E-state index contributed by atoms with van der Waals surface area (Å²) in [5.74, 6) is 0.114. The summed E-state index contributed by atoms with van der Waals surface area (Å²) in [6.45, 7) is 11.5. The second-order valence-electron chi connectivity index (χ2n) is 10.2. The molecule has 2 aromatic rings. The Hall–Kier alpha value is -2.82. The largest absolute Gasteiger partial charge is 0.508 e.